The number of nitrogens with zero attached hydrogens (tertiary/aromatic N) is 1. The van der Waals surface area contributed by atoms with Gasteiger partial charge in [-0.2, -0.15) is 0 Å². The van der Waals surface area contributed by atoms with Crippen LogP contribution in [0.15, 0.2) is 18.2 Å². The van der Waals surface area contributed by atoms with Gasteiger partial charge in [0.2, 0.25) is 5.91 Å². The highest BCUT2D eigenvalue weighted by Gasteiger charge is 2.53. The predicted octanol–water partition coefficient (Wildman–Crippen LogP) is 0.226. The van der Waals surface area contributed by atoms with Gasteiger partial charge in [0.15, 0.2) is 5.11 Å². The quantitative estimate of drug-likeness (QED) is 0.448. The average molecular weight is 373 g/mol. The van der Waals surface area contributed by atoms with Crippen LogP contribution in [0.3, 0.4) is 0 Å². The first-order chi connectivity index (χ1) is 12.3. The summed E-state index contributed by atoms with van der Waals surface area (Å²) in [7, 11) is 0. The van der Waals surface area contributed by atoms with E-state index >= 15 is 0 Å². The van der Waals surface area contributed by atoms with Crippen molar-refractivity contribution in [3.05, 3.63) is 29.3 Å². The second-order valence-electron chi connectivity index (χ2n) is 7.00. The standard InChI is InChI=1S/C19H23N3O3S/c1-4-5-20-18(25)13-9-14(23)17(24)15-16(13)22(19(26)21-15)12-7-10(2)6-11(3)8-12/h1,6-8,13-17,23-24H,5,9H2,2-3H3,(H,20,25)(H,21,26). The maximum absolute atomic E-state index is 12.7. The van der Waals surface area contributed by atoms with Gasteiger partial charge in [-0.05, 0) is 55.7 Å². The highest BCUT2D eigenvalue weighted by molar-refractivity contribution is 7.80. The number of carbonyl (C=O) groups is 1. The van der Waals surface area contributed by atoms with E-state index in [9.17, 15) is 15.0 Å². The number of thiocarbonyl (C=S) groups is 1. The molecule has 5 atom stereocenters. The lowest BCUT2D eigenvalue weighted by Crippen LogP contribution is -2.61. The Balaban J connectivity index is 2.01. The summed E-state index contributed by atoms with van der Waals surface area (Å²) < 4.78 is 0. The van der Waals surface area contributed by atoms with Gasteiger partial charge < -0.3 is 25.7 Å². The van der Waals surface area contributed by atoms with Gasteiger partial charge in [-0.25, -0.2) is 0 Å². The van der Waals surface area contributed by atoms with Crippen LogP contribution in [0.2, 0.25) is 0 Å². The molecule has 138 valence electrons. The lowest BCUT2D eigenvalue weighted by atomic mass is 9.77. The third-order valence-electron chi connectivity index (χ3n) is 5.03. The van der Waals surface area contributed by atoms with Crippen molar-refractivity contribution >= 4 is 28.9 Å². The molecule has 1 amide bonds. The van der Waals surface area contributed by atoms with Gasteiger partial charge in [0.05, 0.1) is 30.7 Å². The normalized spacial score (nSPS) is 30.3. The molecule has 3 rings (SSSR count). The van der Waals surface area contributed by atoms with Crippen molar-refractivity contribution in [3.63, 3.8) is 0 Å². The second-order valence-corrected chi connectivity index (χ2v) is 7.39. The van der Waals surface area contributed by atoms with Crippen molar-refractivity contribution in [2.24, 2.45) is 5.92 Å². The predicted molar refractivity (Wildman–Crippen MR) is 104 cm³/mol. The molecule has 1 saturated carbocycles. The molecule has 2 fully saturated rings. The molecule has 1 aromatic rings. The number of terminal acetylenes is 1. The number of rotatable bonds is 3. The number of carbonyl (C=O) groups excluding carboxylic acids is 1. The van der Waals surface area contributed by atoms with Gasteiger partial charge in [0.1, 0.15) is 6.10 Å². The van der Waals surface area contributed by atoms with Crippen LogP contribution >= 0.6 is 12.2 Å². The minimum absolute atomic E-state index is 0.118. The summed E-state index contributed by atoms with van der Waals surface area (Å²) in [6.07, 6.45) is 3.37. The topological polar surface area (TPSA) is 84.8 Å². The summed E-state index contributed by atoms with van der Waals surface area (Å²) in [5.74, 6) is 1.58. The smallest absolute Gasteiger partial charge is 0.226 e. The Kier molecular flexibility index (Phi) is 5.19. The van der Waals surface area contributed by atoms with Crippen LogP contribution in [0.5, 0.6) is 0 Å². The molecule has 5 unspecified atom stereocenters. The van der Waals surface area contributed by atoms with Crippen LogP contribution in [0.1, 0.15) is 17.5 Å². The summed E-state index contributed by atoms with van der Waals surface area (Å²) in [6.45, 7) is 4.11. The first kappa shape index (κ1) is 18.6. The lowest BCUT2D eigenvalue weighted by molar-refractivity contribution is -0.130. The van der Waals surface area contributed by atoms with Gasteiger partial charge in [0, 0.05) is 5.69 Å². The Morgan fingerprint density at radius 1 is 1.38 bits per heavy atom. The third kappa shape index (κ3) is 3.28. The number of aryl methyl sites for hydroxylation is 2. The highest BCUT2D eigenvalue weighted by atomic mass is 32.1. The highest BCUT2D eigenvalue weighted by Crippen LogP contribution is 2.37. The molecule has 1 aliphatic heterocycles. The molecule has 1 aromatic carbocycles. The molecular weight excluding hydrogens is 350 g/mol. The first-order valence-corrected chi connectivity index (χ1v) is 8.99. The van der Waals surface area contributed by atoms with E-state index in [4.69, 9.17) is 18.6 Å². The molecule has 6 nitrogen and oxygen atoms in total. The molecule has 1 saturated heterocycles. The molecule has 4 N–H and O–H groups in total. The van der Waals surface area contributed by atoms with E-state index in [-0.39, 0.29) is 18.9 Å². The van der Waals surface area contributed by atoms with Crippen LogP contribution in [0, 0.1) is 32.1 Å². The van der Waals surface area contributed by atoms with E-state index in [1.165, 1.54) is 0 Å². The van der Waals surface area contributed by atoms with Gasteiger partial charge >= 0.3 is 0 Å². The van der Waals surface area contributed by atoms with Gasteiger partial charge in [0.25, 0.3) is 0 Å². The Hall–Kier alpha value is -2.14. The molecule has 1 heterocycles. The SMILES string of the molecule is C#CCNC(=O)C1CC(O)C(O)C2NC(=S)N(c3cc(C)cc(C)c3)C12. The molecule has 0 aromatic heterocycles. The number of benzene rings is 1. The minimum Gasteiger partial charge on any atom is -0.390 e. The van der Waals surface area contributed by atoms with Gasteiger partial charge in [-0.3, -0.25) is 4.79 Å². The third-order valence-corrected chi connectivity index (χ3v) is 5.35. The fourth-order valence-corrected chi connectivity index (χ4v) is 4.36. The van der Waals surface area contributed by atoms with Crippen LogP contribution in [-0.4, -0.2) is 52.1 Å². The van der Waals surface area contributed by atoms with E-state index < -0.39 is 30.2 Å². The molecule has 26 heavy (non-hydrogen) atoms. The molecular formula is C19H23N3O3S. The van der Waals surface area contributed by atoms with Crippen molar-refractivity contribution in [3.8, 4) is 12.3 Å². The number of aliphatic hydroxyl groups is 2. The summed E-state index contributed by atoms with van der Waals surface area (Å²) in [6, 6.07) is 5.12. The van der Waals surface area contributed by atoms with Crippen LogP contribution in [0.4, 0.5) is 5.69 Å². The Morgan fingerprint density at radius 2 is 2.04 bits per heavy atom. The maximum Gasteiger partial charge on any atom is 0.226 e. The summed E-state index contributed by atoms with van der Waals surface area (Å²) >= 11 is 5.50. The molecule has 0 bridgehead atoms. The molecule has 1 aliphatic carbocycles. The van der Waals surface area contributed by atoms with E-state index in [2.05, 4.69) is 22.6 Å². The summed E-state index contributed by atoms with van der Waals surface area (Å²) in [4.78, 5) is 14.6. The Bertz CT molecular complexity index is 756. The molecule has 0 spiro atoms. The van der Waals surface area contributed by atoms with E-state index in [1.54, 1.807) is 0 Å². The van der Waals surface area contributed by atoms with Crippen molar-refractivity contribution in [1.82, 2.24) is 10.6 Å². The van der Waals surface area contributed by atoms with Crippen LogP contribution in [0.25, 0.3) is 0 Å². The van der Waals surface area contributed by atoms with Crippen LogP contribution < -0.4 is 15.5 Å². The number of anilines is 1. The number of fused-ring (bicyclic) bond motifs is 1. The first-order valence-electron chi connectivity index (χ1n) is 8.59. The van der Waals surface area contributed by atoms with E-state index in [0.29, 0.717) is 5.11 Å². The van der Waals surface area contributed by atoms with Crippen molar-refractivity contribution in [2.75, 3.05) is 11.4 Å². The van der Waals surface area contributed by atoms with Crippen molar-refractivity contribution in [1.29, 1.82) is 0 Å². The maximum atomic E-state index is 12.7. The second kappa shape index (κ2) is 7.23. The molecule has 0 radical (unpaired) electrons. The van der Waals surface area contributed by atoms with Crippen LogP contribution in [-0.2, 0) is 4.79 Å². The minimum atomic E-state index is -1.01. The molecule has 7 heteroatoms. The average Bonchev–Trinajstić information content (AvgIpc) is 2.92. The number of nitrogens with one attached hydrogen (secondary N) is 2. The Morgan fingerprint density at radius 3 is 2.65 bits per heavy atom. The van der Waals surface area contributed by atoms with E-state index in [0.717, 1.165) is 16.8 Å². The van der Waals surface area contributed by atoms with Gasteiger partial charge in [-0.15, -0.1) is 6.42 Å². The summed E-state index contributed by atoms with van der Waals surface area (Å²) in [5.41, 5.74) is 3.03. The zero-order chi connectivity index (χ0) is 19.0. The number of aliphatic hydroxyl groups excluding tert-OH is 2. The monoisotopic (exact) mass is 373 g/mol. The lowest BCUT2D eigenvalue weighted by Gasteiger charge is -2.41. The van der Waals surface area contributed by atoms with Gasteiger partial charge in [-0.1, -0.05) is 12.0 Å². The number of amides is 1. The molecule has 2 aliphatic rings. The fraction of sp³-hybridized carbons (Fsp3) is 0.474. The zero-order valence-corrected chi connectivity index (χ0v) is 15.6. The number of hydrogen-bond donors (Lipinski definition) is 4. The Labute approximate surface area is 158 Å². The van der Waals surface area contributed by atoms with E-state index in [1.807, 2.05) is 30.9 Å². The zero-order valence-electron chi connectivity index (χ0n) is 14.8. The number of hydrogen-bond acceptors (Lipinski definition) is 4. The van der Waals surface area contributed by atoms with Crippen molar-refractivity contribution in [2.45, 2.75) is 44.6 Å². The van der Waals surface area contributed by atoms with Crippen molar-refractivity contribution < 1.29 is 15.0 Å². The largest absolute Gasteiger partial charge is 0.390 e. The fourth-order valence-electron chi connectivity index (χ4n) is 4.00. The summed E-state index contributed by atoms with van der Waals surface area (Å²) in [5, 5.41) is 26.9.